The van der Waals surface area contributed by atoms with Crippen molar-refractivity contribution in [2.24, 2.45) is 11.7 Å². The second-order valence-corrected chi connectivity index (χ2v) is 4.98. The Kier molecular flexibility index (Phi) is 4.73. The molecule has 13 heavy (non-hydrogen) atoms. The molecule has 1 aromatic rings. The predicted molar refractivity (Wildman–Crippen MR) is 59.3 cm³/mol. The van der Waals surface area contributed by atoms with E-state index in [1.165, 1.54) is 4.88 Å². The Bertz CT molecular complexity index is 250. The lowest BCUT2D eigenvalue weighted by Crippen LogP contribution is -2.25. The molecule has 1 aromatic heterocycles. The van der Waals surface area contributed by atoms with Crippen LogP contribution in [0.5, 0.6) is 0 Å². The SMILES string of the molecule is CC(CN)CNCc1ccc(Cl)s1. The number of hydrogen-bond donors (Lipinski definition) is 2. The summed E-state index contributed by atoms with van der Waals surface area (Å²) in [4.78, 5) is 1.27. The van der Waals surface area contributed by atoms with Crippen LogP contribution >= 0.6 is 22.9 Å². The average Bonchev–Trinajstić information content (AvgIpc) is 2.51. The standard InChI is InChI=1S/C9H15ClN2S/c1-7(4-11)5-12-6-8-2-3-9(10)13-8/h2-3,7,12H,4-6,11H2,1H3. The molecule has 0 aliphatic carbocycles. The lowest BCUT2D eigenvalue weighted by molar-refractivity contribution is 0.524. The number of nitrogens with two attached hydrogens (primary N) is 1. The van der Waals surface area contributed by atoms with E-state index >= 15 is 0 Å². The van der Waals surface area contributed by atoms with Crippen LogP contribution < -0.4 is 11.1 Å². The first-order valence-electron chi connectivity index (χ1n) is 4.37. The quantitative estimate of drug-likeness (QED) is 0.795. The largest absolute Gasteiger partial charge is 0.330 e. The molecular weight excluding hydrogens is 204 g/mol. The fourth-order valence-corrected chi connectivity index (χ4v) is 2.03. The van der Waals surface area contributed by atoms with Crippen LogP contribution in [0.1, 0.15) is 11.8 Å². The monoisotopic (exact) mass is 218 g/mol. The number of nitrogens with one attached hydrogen (secondary N) is 1. The predicted octanol–water partition coefficient (Wildman–Crippen LogP) is 2.09. The Labute approximate surface area is 88.1 Å². The van der Waals surface area contributed by atoms with Crippen LogP contribution in [0.3, 0.4) is 0 Å². The smallest absolute Gasteiger partial charge is 0.0931 e. The van der Waals surface area contributed by atoms with E-state index in [-0.39, 0.29) is 0 Å². The van der Waals surface area contributed by atoms with Gasteiger partial charge in [-0.3, -0.25) is 0 Å². The molecule has 4 heteroatoms. The molecule has 0 radical (unpaired) electrons. The van der Waals surface area contributed by atoms with Gasteiger partial charge in [-0.25, -0.2) is 0 Å². The van der Waals surface area contributed by atoms with E-state index in [1.807, 2.05) is 12.1 Å². The van der Waals surface area contributed by atoms with Gasteiger partial charge in [0.05, 0.1) is 4.34 Å². The molecular formula is C9H15ClN2S. The molecule has 0 aliphatic heterocycles. The Morgan fingerprint density at radius 1 is 1.62 bits per heavy atom. The first-order valence-corrected chi connectivity index (χ1v) is 5.57. The molecule has 1 heterocycles. The van der Waals surface area contributed by atoms with E-state index in [0.29, 0.717) is 5.92 Å². The van der Waals surface area contributed by atoms with Crippen LogP contribution in [0.2, 0.25) is 4.34 Å². The summed E-state index contributed by atoms with van der Waals surface area (Å²) < 4.78 is 0.851. The van der Waals surface area contributed by atoms with Crippen molar-refractivity contribution >= 4 is 22.9 Å². The maximum Gasteiger partial charge on any atom is 0.0931 e. The van der Waals surface area contributed by atoms with Gasteiger partial charge in [0.15, 0.2) is 0 Å². The molecule has 1 rings (SSSR count). The Hall–Kier alpha value is -0.0900. The fraction of sp³-hybridized carbons (Fsp3) is 0.556. The minimum Gasteiger partial charge on any atom is -0.330 e. The van der Waals surface area contributed by atoms with Crippen molar-refractivity contribution in [2.75, 3.05) is 13.1 Å². The molecule has 0 saturated heterocycles. The topological polar surface area (TPSA) is 38.0 Å². The van der Waals surface area contributed by atoms with Gasteiger partial charge in [0.1, 0.15) is 0 Å². The molecule has 0 aliphatic rings. The van der Waals surface area contributed by atoms with E-state index < -0.39 is 0 Å². The summed E-state index contributed by atoms with van der Waals surface area (Å²) in [6.07, 6.45) is 0. The second kappa shape index (κ2) is 5.60. The molecule has 2 nitrogen and oxygen atoms in total. The summed E-state index contributed by atoms with van der Waals surface area (Å²) in [7, 11) is 0. The molecule has 1 unspecified atom stereocenters. The van der Waals surface area contributed by atoms with E-state index in [2.05, 4.69) is 12.2 Å². The summed E-state index contributed by atoms with van der Waals surface area (Å²) in [6, 6.07) is 3.97. The van der Waals surface area contributed by atoms with Gasteiger partial charge < -0.3 is 11.1 Å². The van der Waals surface area contributed by atoms with E-state index in [9.17, 15) is 0 Å². The molecule has 0 saturated carbocycles. The summed E-state index contributed by atoms with van der Waals surface area (Å²) >= 11 is 7.42. The fourth-order valence-electron chi connectivity index (χ4n) is 0.972. The first kappa shape index (κ1) is 11.0. The molecule has 0 aromatic carbocycles. The van der Waals surface area contributed by atoms with Gasteiger partial charge in [0, 0.05) is 11.4 Å². The average molecular weight is 219 g/mol. The highest BCUT2D eigenvalue weighted by atomic mass is 35.5. The number of hydrogen-bond acceptors (Lipinski definition) is 3. The van der Waals surface area contributed by atoms with Crippen LogP contribution in [0, 0.1) is 5.92 Å². The van der Waals surface area contributed by atoms with Crippen LogP contribution in [0.15, 0.2) is 12.1 Å². The zero-order valence-electron chi connectivity index (χ0n) is 7.72. The van der Waals surface area contributed by atoms with Crippen molar-refractivity contribution in [3.05, 3.63) is 21.3 Å². The Morgan fingerprint density at radius 2 is 2.38 bits per heavy atom. The van der Waals surface area contributed by atoms with Gasteiger partial charge in [0.2, 0.25) is 0 Å². The molecule has 0 fully saturated rings. The molecule has 0 spiro atoms. The van der Waals surface area contributed by atoms with Crippen LogP contribution in [-0.4, -0.2) is 13.1 Å². The molecule has 74 valence electrons. The highest BCUT2D eigenvalue weighted by Gasteiger charge is 2.00. The lowest BCUT2D eigenvalue weighted by atomic mass is 10.2. The van der Waals surface area contributed by atoms with E-state index in [1.54, 1.807) is 11.3 Å². The Balaban J connectivity index is 2.20. The molecule has 1 atom stereocenters. The summed E-state index contributed by atoms with van der Waals surface area (Å²) in [5, 5.41) is 3.34. The van der Waals surface area contributed by atoms with Crippen molar-refractivity contribution in [1.29, 1.82) is 0 Å². The minimum absolute atomic E-state index is 0.537. The van der Waals surface area contributed by atoms with Gasteiger partial charge in [-0.05, 0) is 31.1 Å². The van der Waals surface area contributed by atoms with Gasteiger partial charge in [0.25, 0.3) is 0 Å². The van der Waals surface area contributed by atoms with Crippen molar-refractivity contribution < 1.29 is 0 Å². The first-order chi connectivity index (χ1) is 6.22. The number of rotatable bonds is 5. The third kappa shape index (κ3) is 4.09. The van der Waals surface area contributed by atoms with Crippen molar-refractivity contribution in [2.45, 2.75) is 13.5 Å². The summed E-state index contributed by atoms with van der Waals surface area (Å²) in [6.45, 7) is 4.72. The van der Waals surface area contributed by atoms with Crippen molar-refractivity contribution in [3.8, 4) is 0 Å². The molecule has 0 bridgehead atoms. The minimum atomic E-state index is 0.537. The van der Waals surface area contributed by atoms with E-state index in [4.69, 9.17) is 17.3 Å². The number of thiophene rings is 1. The maximum absolute atomic E-state index is 5.80. The van der Waals surface area contributed by atoms with Crippen molar-refractivity contribution in [3.63, 3.8) is 0 Å². The van der Waals surface area contributed by atoms with Gasteiger partial charge >= 0.3 is 0 Å². The third-order valence-corrected chi connectivity index (χ3v) is 3.05. The van der Waals surface area contributed by atoms with Crippen LogP contribution in [-0.2, 0) is 6.54 Å². The van der Waals surface area contributed by atoms with Gasteiger partial charge in [-0.15, -0.1) is 11.3 Å². The van der Waals surface area contributed by atoms with E-state index in [0.717, 1.165) is 24.0 Å². The normalized spacial score (nSPS) is 13.2. The summed E-state index contributed by atoms with van der Waals surface area (Å²) in [5.74, 6) is 0.537. The van der Waals surface area contributed by atoms with Crippen LogP contribution in [0.25, 0.3) is 0 Å². The molecule has 3 N–H and O–H groups in total. The number of halogens is 1. The zero-order valence-corrected chi connectivity index (χ0v) is 9.29. The second-order valence-electron chi connectivity index (χ2n) is 3.18. The molecule has 0 amide bonds. The maximum atomic E-state index is 5.80. The third-order valence-electron chi connectivity index (χ3n) is 1.82. The van der Waals surface area contributed by atoms with Crippen LogP contribution in [0.4, 0.5) is 0 Å². The van der Waals surface area contributed by atoms with Crippen molar-refractivity contribution in [1.82, 2.24) is 5.32 Å². The highest BCUT2D eigenvalue weighted by Crippen LogP contribution is 2.20. The Morgan fingerprint density at radius 3 is 2.92 bits per heavy atom. The van der Waals surface area contributed by atoms with Gasteiger partial charge in [-0.1, -0.05) is 18.5 Å². The highest BCUT2D eigenvalue weighted by molar-refractivity contribution is 7.16. The lowest BCUT2D eigenvalue weighted by Gasteiger charge is -2.08. The summed E-state index contributed by atoms with van der Waals surface area (Å²) in [5.41, 5.74) is 5.50. The van der Waals surface area contributed by atoms with Gasteiger partial charge in [-0.2, -0.15) is 0 Å². The zero-order chi connectivity index (χ0) is 9.68.